The average molecular weight is 389 g/mol. The lowest BCUT2D eigenvalue weighted by Gasteiger charge is -2.36. The zero-order valence-corrected chi connectivity index (χ0v) is 16.3. The van der Waals surface area contributed by atoms with E-state index in [1.54, 1.807) is 6.92 Å². The van der Waals surface area contributed by atoms with Crippen LogP contribution in [0.3, 0.4) is 0 Å². The molecule has 1 heterocycles. The number of hydrogen-bond acceptors (Lipinski definition) is 5. The second-order valence-electron chi connectivity index (χ2n) is 6.04. The van der Waals surface area contributed by atoms with Crippen molar-refractivity contribution in [1.82, 2.24) is 4.31 Å². The summed E-state index contributed by atoms with van der Waals surface area (Å²) in [4.78, 5) is 13.5. The van der Waals surface area contributed by atoms with Gasteiger partial charge in [0.15, 0.2) is 0 Å². The van der Waals surface area contributed by atoms with Gasteiger partial charge in [0, 0.05) is 43.3 Å². The summed E-state index contributed by atoms with van der Waals surface area (Å²) in [5, 5.41) is 0.676. The number of halogens is 1. The lowest BCUT2D eigenvalue weighted by atomic mass is 10.1. The van der Waals surface area contributed by atoms with E-state index in [1.165, 1.54) is 4.31 Å². The molecule has 6 nitrogen and oxygen atoms in total. The number of piperazine rings is 1. The van der Waals surface area contributed by atoms with Crippen LogP contribution in [0.1, 0.15) is 25.3 Å². The maximum absolute atomic E-state index is 12.4. The molecule has 0 amide bonds. The van der Waals surface area contributed by atoms with Gasteiger partial charge >= 0.3 is 5.97 Å². The Morgan fingerprint density at radius 1 is 1.24 bits per heavy atom. The van der Waals surface area contributed by atoms with Crippen molar-refractivity contribution in [2.24, 2.45) is 0 Å². The highest BCUT2D eigenvalue weighted by Crippen LogP contribution is 2.25. The van der Waals surface area contributed by atoms with E-state index in [4.69, 9.17) is 16.3 Å². The second-order valence-corrected chi connectivity index (χ2v) is 8.57. The number of aryl methyl sites for hydroxylation is 1. The molecule has 0 spiro atoms. The highest BCUT2D eigenvalue weighted by Gasteiger charge is 2.27. The molecule has 140 valence electrons. The van der Waals surface area contributed by atoms with Crippen LogP contribution in [0.25, 0.3) is 0 Å². The molecule has 8 heteroatoms. The number of anilines is 1. The molecule has 1 aromatic rings. The molecule has 0 bridgehead atoms. The third-order valence-corrected chi connectivity index (χ3v) is 6.42. The van der Waals surface area contributed by atoms with Crippen molar-refractivity contribution in [1.29, 1.82) is 0 Å². The van der Waals surface area contributed by atoms with Gasteiger partial charge in [-0.3, -0.25) is 4.79 Å². The number of ether oxygens (including phenoxy) is 1. The molecule has 25 heavy (non-hydrogen) atoms. The van der Waals surface area contributed by atoms with Crippen LogP contribution in [-0.2, 0) is 19.6 Å². The molecule has 0 aromatic heterocycles. The lowest BCUT2D eigenvalue weighted by Crippen LogP contribution is -2.49. The minimum Gasteiger partial charge on any atom is -0.466 e. The SMILES string of the molecule is CCOC(=O)CCCS(=O)(=O)N1CCN(c2cc(Cl)ccc2C)CC1. The standard InChI is InChI=1S/C17H25ClN2O4S/c1-3-24-17(21)5-4-12-25(22,23)20-10-8-19(9-11-20)16-13-15(18)7-6-14(16)2/h6-7,13H,3-5,8-12H2,1-2H3. The van der Waals surface area contributed by atoms with Gasteiger partial charge in [-0.25, -0.2) is 8.42 Å². The van der Waals surface area contributed by atoms with E-state index in [1.807, 2.05) is 25.1 Å². The van der Waals surface area contributed by atoms with Crippen molar-refractivity contribution in [2.75, 3.05) is 43.4 Å². The number of esters is 1. The van der Waals surface area contributed by atoms with Crippen molar-refractivity contribution >= 4 is 33.3 Å². The second kappa shape index (κ2) is 8.87. The zero-order valence-electron chi connectivity index (χ0n) is 14.7. The number of hydrogen-bond donors (Lipinski definition) is 0. The Morgan fingerprint density at radius 2 is 1.92 bits per heavy atom. The fourth-order valence-corrected chi connectivity index (χ4v) is 4.54. The molecule has 1 fully saturated rings. The quantitative estimate of drug-likeness (QED) is 0.671. The van der Waals surface area contributed by atoms with Gasteiger partial charge in [-0.1, -0.05) is 17.7 Å². The van der Waals surface area contributed by atoms with Crippen LogP contribution in [0.4, 0.5) is 5.69 Å². The van der Waals surface area contributed by atoms with Gasteiger partial charge in [0.2, 0.25) is 10.0 Å². The summed E-state index contributed by atoms with van der Waals surface area (Å²) >= 11 is 6.07. The summed E-state index contributed by atoms with van der Waals surface area (Å²) in [6.45, 7) is 6.19. The van der Waals surface area contributed by atoms with Gasteiger partial charge in [-0.15, -0.1) is 0 Å². The van der Waals surface area contributed by atoms with Crippen molar-refractivity contribution in [2.45, 2.75) is 26.7 Å². The molecule has 1 saturated heterocycles. The molecule has 2 rings (SSSR count). The van der Waals surface area contributed by atoms with Gasteiger partial charge in [-0.2, -0.15) is 4.31 Å². The normalized spacial score (nSPS) is 16.0. The minimum absolute atomic E-state index is 0.0258. The molecule has 0 N–H and O–H groups in total. The molecular weight excluding hydrogens is 364 g/mol. The van der Waals surface area contributed by atoms with E-state index in [2.05, 4.69) is 4.90 Å². The summed E-state index contributed by atoms with van der Waals surface area (Å²) in [5.41, 5.74) is 2.17. The Bertz CT molecular complexity index is 701. The summed E-state index contributed by atoms with van der Waals surface area (Å²) in [7, 11) is -3.35. The summed E-state index contributed by atoms with van der Waals surface area (Å²) < 4.78 is 31.2. The van der Waals surface area contributed by atoms with Gasteiger partial charge < -0.3 is 9.64 Å². The van der Waals surface area contributed by atoms with Crippen LogP contribution in [-0.4, -0.2) is 57.2 Å². The molecular formula is C17H25ClN2O4S. The Balaban J connectivity index is 1.88. The number of carbonyl (C=O) groups is 1. The van der Waals surface area contributed by atoms with E-state index < -0.39 is 10.0 Å². The van der Waals surface area contributed by atoms with Gasteiger partial charge in [0.05, 0.1) is 12.4 Å². The molecule has 1 aromatic carbocycles. The molecule has 0 unspecified atom stereocenters. The van der Waals surface area contributed by atoms with Crippen LogP contribution < -0.4 is 4.90 Å². The predicted octanol–water partition coefficient (Wildman–Crippen LogP) is 2.44. The first-order valence-electron chi connectivity index (χ1n) is 8.48. The fraction of sp³-hybridized carbons (Fsp3) is 0.588. The number of sulfonamides is 1. The van der Waals surface area contributed by atoms with E-state index in [0.717, 1.165) is 11.3 Å². The minimum atomic E-state index is -3.35. The third-order valence-electron chi connectivity index (χ3n) is 4.23. The predicted molar refractivity (Wildman–Crippen MR) is 99.6 cm³/mol. The van der Waals surface area contributed by atoms with Crippen molar-refractivity contribution in [3.8, 4) is 0 Å². The topological polar surface area (TPSA) is 66.9 Å². The van der Waals surface area contributed by atoms with Crippen molar-refractivity contribution < 1.29 is 17.9 Å². The fourth-order valence-electron chi connectivity index (χ4n) is 2.89. The first-order valence-corrected chi connectivity index (χ1v) is 10.5. The summed E-state index contributed by atoms with van der Waals surface area (Å²) in [6, 6.07) is 5.74. The number of rotatable bonds is 7. The highest BCUT2D eigenvalue weighted by atomic mass is 35.5. The number of nitrogens with zero attached hydrogens (tertiary/aromatic N) is 2. The van der Waals surface area contributed by atoms with E-state index in [-0.39, 0.29) is 24.6 Å². The first kappa shape index (κ1) is 20.0. The van der Waals surface area contributed by atoms with Crippen molar-refractivity contribution in [3.05, 3.63) is 28.8 Å². The van der Waals surface area contributed by atoms with Gasteiger partial charge in [-0.05, 0) is 38.0 Å². The van der Waals surface area contributed by atoms with Crippen LogP contribution in [0.2, 0.25) is 5.02 Å². The number of benzene rings is 1. The smallest absolute Gasteiger partial charge is 0.305 e. The highest BCUT2D eigenvalue weighted by molar-refractivity contribution is 7.89. The lowest BCUT2D eigenvalue weighted by molar-refractivity contribution is -0.143. The molecule has 1 aliphatic rings. The van der Waals surface area contributed by atoms with E-state index >= 15 is 0 Å². The largest absolute Gasteiger partial charge is 0.466 e. The average Bonchev–Trinajstić information content (AvgIpc) is 2.57. The zero-order chi connectivity index (χ0) is 18.4. The maximum Gasteiger partial charge on any atom is 0.305 e. The Morgan fingerprint density at radius 3 is 2.56 bits per heavy atom. The van der Waals surface area contributed by atoms with Crippen molar-refractivity contribution in [3.63, 3.8) is 0 Å². The monoisotopic (exact) mass is 388 g/mol. The molecule has 0 atom stereocenters. The van der Waals surface area contributed by atoms with E-state index in [9.17, 15) is 13.2 Å². The molecule has 0 aliphatic carbocycles. The van der Waals surface area contributed by atoms with Crippen LogP contribution >= 0.6 is 11.6 Å². The third kappa shape index (κ3) is 5.59. The molecule has 1 aliphatic heterocycles. The van der Waals surface area contributed by atoms with Crippen LogP contribution in [0.5, 0.6) is 0 Å². The Hall–Kier alpha value is -1.31. The van der Waals surface area contributed by atoms with Gasteiger partial charge in [0.1, 0.15) is 0 Å². The van der Waals surface area contributed by atoms with Crippen LogP contribution in [0, 0.1) is 6.92 Å². The maximum atomic E-state index is 12.4. The Labute approximate surface area is 154 Å². The summed E-state index contributed by atoms with van der Waals surface area (Å²) in [6.07, 6.45) is 0.420. The molecule has 0 saturated carbocycles. The Kier molecular flexibility index (Phi) is 7.10. The molecule has 0 radical (unpaired) electrons. The summed E-state index contributed by atoms with van der Waals surface area (Å²) in [5.74, 6) is -0.374. The van der Waals surface area contributed by atoms with E-state index in [0.29, 0.717) is 37.8 Å². The first-order chi connectivity index (χ1) is 11.8. The van der Waals surface area contributed by atoms with Gasteiger partial charge in [0.25, 0.3) is 0 Å². The van der Waals surface area contributed by atoms with Crippen LogP contribution in [0.15, 0.2) is 18.2 Å². The number of carbonyl (C=O) groups excluding carboxylic acids is 1.